The van der Waals surface area contributed by atoms with Crippen LogP contribution in [0, 0.1) is 11.6 Å². The van der Waals surface area contributed by atoms with E-state index >= 15 is 0 Å². The molecular formula is C26H36F2N2O2. The van der Waals surface area contributed by atoms with E-state index in [0.717, 1.165) is 24.5 Å². The summed E-state index contributed by atoms with van der Waals surface area (Å²) < 4.78 is 27.0. The van der Waals surface area contributed by atoms with Crippen LogP contribution in [0.25, 0.3) is 0 Å². The maximum Gasteiger partial charge on any atom is 0.126 e. The van der Waals surface area contributed by atoms with Gasteiger partial charge in [0.15, 0.2) is 0 Å². The Bertz CT molecular complexity index is 885. The Kier molecular flexibility index (Phi) is 7.71. The zero-order valence-corrected chi connectivity index (χ0v) is 19.2. The van der Waals surface area contributed by atoms with Gasteiger partial charge in [0.25, 0.3) is 0 Å². The lowest BCUT2D eigenvalue weighted by Gasteiger charge is -2.42. The minimum absolute atomic E-state index is 0.00742. The van der Waals surface area contributed by atoms with Gasteiger partial charge in [-0.1, -0.05) is 45.0 Å². The Morgan fingerprint density at radius 3 is 2.31 bits per heavy atom. The van der Waals surface area contributed by atoms with E-state index in [0.29, 0.717) is 18.4 Å². The lowest BCUT2D eigenvalue weighted by Crippen LogP contribution is -2.52. The molecule has 1 aliphatic rings. The molecule has 0 unspecified atom stereocenters. The van der Waals surface area contributed by atoms with Gasteiger partial charge in [0.1, 0.15) is 11.6 Å². The van der Waals surface area contributed by atoms with Crippen LogP contribution in [0.5, 0.6) is 0 Å². The molecule has 0 amide bonds. The number of hydrogen-bond donors (Lipinski definition) is 4. The van der Waals surface area contributed by atoms with E-state index in [2.05, 4.69) is 50.4 Å². The highest BCUT2D eigenvalue weighted by molar-refractivity contribution is 5.34. The van der Waals surface area contributed by atoms with E-state index in [1.165, 1.54) is 17.7 Å². The Morgan fingerprint density at radius 2 is 1.72 bits per heavy atom. The van der Waals surface area contributed by atoms with Crippen molar-refractivity contribution in [2.45, 2.75) is 82.1 Å². The Labute approximate surface area is 189 Å². The fraction of sp³-hybridized carbons (Fsp3) is 0.538. The lowest BCUT2D eigenvalue weighted by molar-refractivity contribution is 0.0682. The Balaban J connectivity index is 1.74. The summed E-state index contributed by atoms with van der Waals surface area (Å²) >= 11 is 0. The van der Waals surface area contributed by atoms with Gasteiger partial charge in [-0.2, -0.15) is 0 Å². The minimum atomic E-state index is -0.893. The molecule has 2 aromatic carbocycles. The second-order valence-corrected chi connectivity index (χ2v) is 10.2. The zero-order valence-electron chi connectivity index (χ0n) is 19.2. The normalized spacial score (nSPS) is 23.7. The molecule has 0 spiro atoms. The van der Waals surface area contributed by atoms with Crippen LogP contribution in [0.15, 0.2) is 42.5 Å². The molecule has 1 saturated carbocycles. The Hall–Kier alpha value is -1.86. The second-order valence-electron chi connectivity index (χ2n) is 10.2. The van der Waals surface area contributed by atoms with E-state index in [1.807, 2.05) is 0 Å². The molecule has 0 heterocycles. The fourth-order valence-corrected chi connectivity index (χ4v) is 4.53. The van der Waals surface area contributed by atoms with Gasteiger partial charge in [-0.25, -0.2) is 8.78 Å². The summed E-state index contributed by atoms with van der Waals surface area (Å²) in [6, 6.07) is 11.1. The summed E-state index contributed by atoms with van der Waals surface area (Å²) in [4.78, 5) is 0. The first-order chi connectivity index (χ1) is 15.0. The highest BCUT2D eigenvalue weighted by Crippen LogP contribution is 2.38. The maximum atomic E-state index is 13.5. The molecule has 1 aliphatic carbocycles. The third kappa shape index (κ3) is 6.13. The summed E-state index contributed by atoms with van der Waals surface area (Å²) in [5.74, 6) is -1.31. The van der Waals surface area contributed by atoms with Gasteiger partial charge in [-0.05, 0) is 66.3 Å². The molecule has 2 atom stereocenters. The molecule has 0 radical (unpaired) electrons. The minimum Gasteiger partial charge on any atom is -0.393 e. The predicted molar refractivity (Wildman–Crippen MR) is 123 cm³/mol. The summed E-state index contributed by atoms with van der Waals surface area (Å²) in [5, 5.41) is 24.4. The molecule has 0 saturated heterocycles. The van der Waals surface area contributed by atoms with E-state index in [4.69, 9.17) is 5.73 Å². The molecule has 5 N–H and O–H groups in total. The number of benzene rings is 2. The van der Waals surface area contributed by atoms with E-state index in [1.54, 1.807) is 0 Å². The fourth-order valence-electron chi connectivity index (χ4n) is 4.53. The van der Waals surface area contributed by atoms with Gasteiger partial charge in [-0.15, -0.1) is 0 Å². The number of nitrogens with one attached hydrogen (secondary N) is 1. The average Bonchev–Trinajstić information content (AvgIpc) is 2.72. The van der Waals surface area contributed by atoms with Crippen LogP contribution in [0.1, 0.15) is 63.1 Å². The highest BCUT2D eigenvalue weighted by Gasteiger charge is 2.37. The first-order valence-corrected chi connectivity index (χ1v) is 11.4. The van der Waals surface area contributed by atoms with Gasteiger partial charge >= 0.3 is 0 Å². The summed E-state index contributed by atoms with van der Waals surface area (Å²) in [7, 11) is 0. The predicted octanol–water partition coefficient (Wildman–Crippen LogP) is 3.91. The van der Waals surface area contributed by atoms with Gasteiger partial charge in [0.2, 0.25) is 0 Å². The van der Waals surface area contributed by atoms with Gasteiger partial charge in [0.05, 0.1) is 12.2 Å². The molecule has 2 aromatic rings. The van der Waals surface area contributed by atoms with Crippen LogP contribution in [-0.2, 0) is 17.4 Å². The van der Waals surface area contributed by atoms with E-state index in [-0.39, 0.29) is 30.0 Å². The molecule has 4 nitrogen and oxygen atoms in total. The first kappa shape index (κ1) is 24.8. The average molecular weight is 447 g/mol. The zero-order chi connectivity index (χ0) is 23.5. The van der Waals surface area contributed by atoms with Crippen molar-refractivity contribution in [2.24, 2.45) is 5.73 Å². The third-order valence-corrected chi connectivity index (χ3v) is 6.63. The molecule has 176 valence electrons. The highest BCUT2D eigenvalue weighted by atomic mass is 19.1. The molecule has 0 aromatic heterocycles. The first-order valence-electron chi connectivity index (χ1n) is 11.4. The molecular weight excluding hydrogens is 410 g/mol. The van der Waals surface area contributed by atoms with Gasteiger partial charge in [-0.3, -0.25) is 0 Å². The monoisotopic (exact) mass is 446 g/mol. The van der Waals surface area contributed by atoms with Crippen molar-refractivity contribution in [1.29, 1.82) is 0 Å². The van der Waals surface area contributed by atoms with Crippen molar-refractivity contribution in [1.82, 2.24) is 5.32 Å². The van der Waals surface area contributed by atoms with Crippen molar-refractivity contribution in [3.05, 3.63) is 70.8 Å². The van der Waals surface area contributed by atoms with Crippen LogP contribution in [0.2, 0.25) is 0 Å². The second kappa shape index (κ2) is 9.96. The molecule has 6 heteroatoms. The van der Waals surface area contributed by atoms with Crippen molar-refractivity contribution >= 4 is 0 Å². The molecule has 32 heavy (non-hydrogen) atoms. The Morgan fingerprint density at radius 1 is 1.09 bits per heavy atom. The number of hydrogen-bond acceptors (Lipinski definition) is 4. The van der Waals surface area contributed by atoms with Gasteiger partial charge in [0, 0.05) is 24.2 Å². The SMILES string of the molecule is CC(C)(C)c1cccc(C2(NC[C@@H](O)[C@@H](N)Cc3cc(F)cc(F)c3)CCC(O)CC2)c1. The number of aliphatic hydroxyl groups excluding tert-OH is 2. The van der Waals surface area contributed by atoms with Crippen LogP contribution in [0.3, 0.4) is 0 Å². The molecule has 0 bridgehead atoms. The smallest absolute Gasteiger partial charge is 0.126 e. The van der Waals surface area contributed by atoms with Crippen LogP contribution < -0.4 is 11.1 Å². The van der Waals surface area contributed by atoms with Gasteiger partial charge < -0.3 is 21.3 Å². The van der Waals surface area contributed by atoms with Crippen molar-refractivity contribution in [2.75, 3.05) is 6.54 Å². The summed E-state index contributed by atoms with van der Waals surface area (Å²) in [6.07, 6.45) is 1.82. The molecule has 0 aliphatic heterocycles. The van der Waals surface area contributed by atoms with Crippen molar-refractivity contribution in [3.63, 3.8) is 0 Å². The maximum absolute atomic E-state index is 13.5. The van der Waals surface area contributed by atoms with Crippen molar-refractivity contribution in [3.8, 4) is 0 Å². The topological polar surface area (TPSA) is 78.5 Å². The largest absolute Gasteiger partial charge is 0.393 e. The molecule has 1 fully saturated rings. The van der Waals surface area contributed by atoms with E-state index < -0.39 is 23.8 Å². The molecule has 3 rings (SSSR count). The summed E-state index contributed by atoms with van der Waals surface area (Å²) in [6.45, 7) is 6.77. The summed E-state index contributed by atoms with van der Waals surface area (Å²) in [5.41, 5.74) is 8.61. The van der Waals surface area contributed by atoms with Crippen LogP contribution in [-0.4, -0.2) is 35.0 Å². The quantitative estimate of drug-likeness (QED) is 0.520. The lowest BCUT2D eigenvalue weighted by atomic mass is 9.74. The number of aliphatic hydroxyl groups is 2. The standard InChI is InChI=1S/C26H36F2N2O2/c1-25(2,3)18-5-4-6-19(14-18)26(9-7-22(31)8-10-26)30-16-24(32)23(29)13-17-11-20(27)15-21(28)12-17/h4-6,11-12,14-15,22-24,30-32H,7-10,13,16,29H2,1-3H3/t22?,23-,24+,26?/m0/s1. The third-order valence-electron chi connectivity index (χ3n) is 6.63. The van der Waals surface area contributed by atoms with Crippen LogP contribution >= 0.6 is 0 Å². The van der Waals surface area contributed by atoms with Crippen molar-refractivity contribution < 1.29 is 19.0 Å². The number of nitrogens with two attached hydrogens (primary N) is 1. The van der Waals surface area contributed by atoms with Crippen LogP contribution in [0.4, 0.5) is 8.78 Å². The number of rotatable bonds is 7. The van der Waals surface area contributed by atoms with E-state index in [9.17, 15) is 19.0 Å². The number of halogens is 2.